The van der Waals surface area contributed by atoms with E-state index in [9.17, 15) is 9.59 Å². The number of nitrogens with one attached hydrogen (secondary N) is 2. The molecule has 0 saturated carbocycles. The third kappa shape index (κ3) is 3.37. The summed E-state index contributed by atoms with van der Waals surface area (Å²) in [4.78, 5) is 31.5. The van der Waals surface area contributed by atoms with E-state index in [2.05, 4.69) is 20.4 Å². The van der Waals surface area contributed by atoms with Crippen LogP contribution in [0.15, 0.2) is 64.0 Å². The Morgan fingerprint density at radius 2 is 2.00 bits per heavy atom. The van der Waals surface area contributed by atoms with Gasteiger partial charge in [0.2, 0.25) is 5.82 Å². The molecule has 1 aliphatic rings. The summed E-state index contributed by atoms with van der Waals surface area (Å²) in [5.74, 6) is 0.523. The van der Waals surface area contributed by atoms with E-state index in [4.69, 9.17) is 9.26 Å². The monoisotopic (exact) mass is 402 g/mol. The topological polar surface area (TPSA) is 110 Å². The van der Waals surface area contributed by atoms with Crippen molar-refractivity contribution in [1.29, 1.82) is 0 Å². The molecule has 1 unspecified atom stereocenters. The van der Waals surface area contributed by atoms with E-state index in [0.29, 0.717) is 40.5 Å². The standard InChI is InChI=1S/C22H18N4O4/c27-20-16-8-2-1-7-15(16)17(12-23-20)19-25-22(30-26-19)13-5-3-6-14(11-13)24-21(28)18-9-4-10-29-18/h1-3,5-8,11-12,18H,4,9-10H2,(H,23,27)(H,24,28). The van der Waals surface area contributed by atoms with Crippen molar-refractivity contribution in [3.63, 3.8) is 0 Å². The number of benzene rings is 2. The maximum atomic E-state index is 12.3. The van der Waals surface area contributed by atoms with Gasteiger partial charge in [-0.2, -0.15) is 4.98 Å². The molecule has 1 saturated heterocycles. The molecule has 150 valence electrons. The number of H-pyrrole nitrogens is 1. The lowest BCUT2D eigenvalue weighted by molar-refractivity contribution is -0.124. The van der Waals surface area contributed by atoms with Gasteiger partial charge in [-0.15, -0.1) is 0 Å². The zero-order chi connectivity index (χ0) is 20.5. The number of hydrogen-bond donors (Lipinski definition) is 2. The molecule has 1 aliphatic heterocycles. The molecule has 30 heavy (non-hydrogen) atoms. The van der Waals surface area contributed by atoms with Gasteiger partial charge in [-0.3, -0.25) is 9.59 Å². The number of hydrogen-bond acceptors (Lipinski definition) is 6. The van der Waals surface area contributed by atoms with Crippen molar-refractivity contribution in [2.24, 2.45) is 0 Å². The first-order valence-corrected chi connectivity index (χ1v) is 9.66. The average Bonchev–Trinajstić information content (AvgIpc) is 3.47. The lowest BCUT2D eigenvalue weighted by Gasteiger charge is -2.10. The first kappa shape index (κ1) is 18.3. The van der Waals surface area contributed by atoms with Crippen molar-refractivity contribution < 1.29 is 14.1 Å². The van der Waals surface area contributed by atoms with Gasteiger partial charge in [-0.25, -0.2) is 0 Å². The number of pyridine rings is 1. The minimum atomic E-state index is -0.405. The Balaban J connectivity index is 1.44. The van der Waals surface area contributed by atoms with Crippen LogP contribution < -0.4 is 10.9 Å². The second kappa shape index (κ2) is 7.57. The largest absolute Gasteiger partial charge is 0.368 e. The quantitative estimate of drug-likeness (QED) is 0.542. The first-order chi connectivity index (χ1) is 14.7. The Bertz CT molecular complexity index is 1290. The molecular formula is C22H18N4O4. The van der Waals surface area contributed by atoms with E-state index in [1.165, 1.54) is 0 Å². The van der Waals surface area contributed by atoms with Crippen LogP contribution in [0.5, 0.6) is 0 Å². The number of amides is 1. The third-order valence-electron chi connectivity index (χ3n) is 5.08. The van der Waals surface area contributed by atoms with Gasteiger partial charge in [0, 0.05) is 35.0 Å². The van der Waals surface area contributed by atoms with Gasteiger partial charge in [0.25, 0.3) is 17.4 Å². The number of fused-ring (bicyclic) bond motifs is 1. The lowest BCUT2D eigenvalue weighted by Crippen LogP contribution is -2.26. The molecule has 1 amide bonds. The smallest absolute Gasteiger partial charge is 0.258 e. The fourth-order valence-corrected chi connectivity index (χ4v) is 3.58. The second-order valence-electron chi connectivity index (χ2n) is 7.07. The van der Waals surface area contributed by atoms with Gasteiger partial charge in [0.15, 0.2) is 0 Å². The van der Waals surface area contributed by atoms with E-state index in [1.54, 1.807) is 36.5 Å². The van der Waals surface area contributed by atoms with Gasteiger partial charge in [0.05, 0.1) is 0 Å². The molecule has 3 heterocycles. The zero-order valence-electron chi connectivity index (χ0n) is 15.9. The van der Waals surface area contributed by atoms with Crippen LogP contribution in [-0.2, 0) is 9.53 Å². The molecule has 0 aliphatic carbocycles. The fourth-order valence-electron chi connectivity index (χ4n) is 3.58. The van der Waals surface area contributed by atoms with Crippen molar-refractivity contribution in [3.05, 3.63) is 65.1 Å². The molecule has 2 aromatic heterocycles. The number of rotatable bonds is 4. The van der Waals surface area contributed by atoms with Crippen LogP contribution in [0, 0.1) is 0 Å². The van der Waals surface area contributed by atoms with E-state index >= 15 is 0 Å². The molecule has 5 rings (SSSR count). The molecule has 1 fully saturated rings. The van der Waals surface area contributed by atoms with Gasteiger partial charge < -0.3 is 19.6 Å². The number of carbonyl (C=O) groups excluding carboxylic acids is 1. The predicted molar refractivity (Wildman–Crippen MR) is 111 cm³/mol. The maximum Gasteiger partial charge on any atom is 0.258 e. The van der Waals surface area contributed by atoms with Crippen LogP contribution >= 0.6 is 0 Å². The molecule has 1 atom stereocenters. The Labute approximate surface area is 170 Å². The molecule has 2 N–H and O–H groups in total. The minimum absolute atomic E-state index is 0.157. The Kier molecular flexibility index (Phi) is 4.61. The summed E-state index contributed by atoms with van der Waals surface area (Å²) in [6.45, 7) is 0.613. The fraction of sp³-hybridized carbons (Fsp3) is 0.182. The first-order valence-electron chi connectivity index (χ1n) is 9.66. The predicted octanol–water partition coefficient (Wildman–Crippen LogP) is 3.36. The van der Waals surface area contributed by atoms with Crippen molar-refractivity contribution >= 4 is 22.4 Å². The van der Waals surface area contributed by atoms with Crippen LogP contribution in [0.1, 0.15) is 12.8 Å². The molecule has 0 radical (unpaired) electrons. The normalized spacial score (nSPS) is 16.1. The summed E-state index contributed by atoms with van der Waals surface area (Å²) in [5.41, 5.74) is 1.80. The third-order valence-corrected chi connectivity index (χ3v) is 5.08. The summed E-state index contributed by atoms with van der Waals surface area (Å²) in [6, 6.07) is 14.4. The summed E-state index contributed by atoms with van der Waals surface area (Å²) >= 11 is 0. The van der Waals surface area contributed by atoms with Crippen molar-refractivity contribution in [3.8, 4) is 22.8 Å². The summed E-state index contributed by atoms with van der Waals surface area (Å²) < 4.78 is 10.9. The molecule has 8 nitrogen and oxygen atoms in total. The Morgan fingerprint density at radius 1 is 1.13 bits per heavy atom. The lowest BCUT2D eigenvalue weighted by atomic mass is 10.1. The highest BCUT2D eigenvalue weighted by Crippen LogP contribution is 2.27. The Hall–Kier alpha value is -3.78. The van der Waals surface area contributed by atoms with Gasteiger partial charge >= 0.3 is 0 Å². The van der Waals surface area contributed by atoms with E-state index in [0.717, 1.165) is 18.2 Å². The number of ether oxygens (including phenoxy) is 1. The number of nitrogens with zero attached hydrogens (tertiary/aromatic N) is 2. The van der Waals surface area contributed by atoms with Crippen molar-refractivity contribution in [2.75, 3.05) is 11.9 Å². The van der Waals surface area contributed by atoms with Crippen LogP contribution in [0.4, 0.5) is 5.69 Å². The molecule has 4 aromatic rings. The summed E-state index contributed by atoms with van der Waals surface area (Å²) in [6.07, 6.45) is 2.79. The summed E-state index contributed by atoms with van der Waals surface area (Å²) in [7, 11) is 0. The molecule has 0 spiro atoms. The van der Waals surface area contributed by atoms with Crippen LogP contribution in [-0.4, -0.2) is 33.7 Å². The Morgan fingerprint density at radius 3 is 2.83 bits per heavy atom. The highest BCUT2D eigenvalue weighted by molar-refractivity contribution is 5.95. The maximum absolute atomic E-state index is 12.3. The molecular weight excluding hydrogens is 384 g/mol. The van der Waals surface area contributed by atoms with E-state index in [1.807, 2.05) is 18.2 Å². The van der Waals surface area contributed by atoms with Crippen LogP contribution in [0.25, 0.3) is 33.6 Å². The van der Waals surface area contributed by atoms with Crippen LogP contribution in [0.3, 0.4) is 0 Å². The van der Waals surface area contributed by atoms with Crippen molar-refractivity contribution in [1.82, 2.24) is 15.1 Å². The average molecular weight is 402 g/mol. The van der Waals surface area contributed by atoms with Crippen LogP contribution in [0.2, 0.25) is 0 Å². The summed E-state index contributed by atoms with van der Waals surface area (Å²) in [5, 5.41) is 8.25. The number of aromatic nitrogens is 3. The van der Waals surface area contributed by atoms with Crippen molar-refractivity contribution in [2.45, 2.75) is 18.9 Å². The molecule has 0 bridgehead atoms. The van der Waals surface area contributed by atoms with E-state index in [-0.39, 0.29) is 11.5 Å². The van der Waals surface area contributed by atoms with Gasteiger partial charge in [-0.1, -0.05) is 29.4 Å². The minimum Gasteiger partial charge on any atom is -0.368 e. The highest BCUT2D eigenvalue weighted by Gasteiger charge is 2.23. The zero-order valence-corrected chi connectivity index (χ0v) is 15.9. The highest BCUT2D eigenvalue weighted by atomic mass is 16.5. The number of anilines is 1. The molecule has 8 heteroatoms. The number of carbonyl (C=O) groups is 1. The molecule has 2 aromatic carbocycles. The van der Waals surface area contributed by atoms with Gasteiger partial charge in [0.1, 0.15) is 6.10 Å². The SMILES string of the molecule is O=C(Nc1cccc(-c2nc(-c3c[nH]c(=O)c4ccccc34)no2)c1)C1CCCO1. The van der Waals surface area contributed by atoms with E-state index < -0.39 is 6.10 Å². The number of aromatic amines is 1. The second-order valence-corrected chi connectivity index (χ2v) is 7.07. The van der Waals surface area contributed by atoms with Gasteiger partial charge in [-0.05, 0) is 42.5 Å².